The van der Waals surface area contributed by atoms with Gasteiger partial charge >= 0.3 is 0 Å². The fourth-order valence-electron chi connectivity index (χ4n) is 2.97. The SMILES string of the molecule is Cc1cc(C)c2c(-c3cccs3)nn(Cc3ccccc3)c2n1. The van der Waals surface area contributed by atoms with Crippen LogP contribution in [0.2, 0.25) is 0 Å². The molecular weight excluding hydrogens is 302 g/mol. The summed E-state index contributed by atoms with van der Waals surface area (Å²) in [7, 11) is 0. The van der Waals surface area contributed by atoms with E-state index in [1.54, 1.807) is 11.3 Å². The maximum absolute atomic E-state index is 4.89. The molecule has 0 fully saturated rings. The Hall–Kier alpha value is -2.46. The second kappa shape index (κ2) is 5.63. The molecule has 0 aliphatic carbocycles. The van der Waals surface area contributed by atoms with Gasteiger partial charge in [-0.3, -0.25) is 0 Å². The number of nitrogens with zero attached hydrogens (tertiary/aromatic N) is 3. The van der Waals surface area contributed by atoms with Crippen LogP contribution < -0.4 is 0 Å². The van der Waals surface area contributed by atoms with Crippen molar-refractivity contribution >= 4 is 22.4 Å². The first kappa shape index (κ1) is 14.2. The predicted octanol–water partition coefficient (Wildman–Crippen LogP) is 4.82. The standard InChI is InChI=1S/C19H17N3S/c1-13-11-14(2)20-19-17(13)18(16-9-6-10-23-16)21-22(19)12-15-7-4-3-5-8-15/h3-11H,12H2,1-2H3. The molecule has 0 radical (unpaired) electrons. The van der Waals surface area contributed by atoms with Gasteiger partial charge in [0, 0.05) is 5.69 Å². The molecule has 3 nitrogen and oxygen atoms in total. The van der Waals surface area contributed by atoms with Crippen molar-refractivity contribution in [2.75, 3.05) is 0 Å². The second-order valence-corrected chi connectivity index (χ2v) is 6.70. The minimum Gasteiger partial charge on any atom is -0.242 e. The molecule has 4 rings (SSSR count). The topological polar surface area (TPSA) is 30.7 Å². The van der Waals surface area contributed by atoms with Gasteiger partial charge in [-0.05, 0) is 42.5 Å². The first-order valence-electron chi connectivity index (χ1n) is 7.65. The third kappa shape index (κ3) is 2.55. The highest BCUT2D eigenvalue weighted by Crippen LogP contribution is 2.33. The van der Waals surface area contributed by atoms with Gasteiger partial charge in [-0.2, -0.15) is 5.10 Å². The third-order valence-corrected chi connectivity index (χ3v) is 4.83. The fourth-order valence-corrected chi connectivity index (χ4v) is 3.68. The second-order valence-electron chi connectivity index (χ2n) is 5.75. The Morgan fingerprint density at radius 3 is 2.61 bits per heavy atom. The van der Waals surface area contributed by atoms with Crippen LogP contribution in [0.3, 0.4) is 0 Å². The van der Waals surface area contributed by atoms with Crippen molar-refractivity contribution in [3.63, 3.8) is 0 Å². The van der Waals surface area contributed by atoms with Crippen LogP contribution >= 0.6 is 11.3 Å². The summed E-state index contributed by atoms with van der Waals surface area (Å²) in [6.45, 7) is 4.92. The Bertz CT molecular complexity index is 953. The molecule has 0 unspecified atom stereocenters. The molecule has 0 aliphatic rings. The summed E-state index contributed by atoms with van der Waals surface area (Å²) in [4.78, 5) is 5.96. The van der Waals surface area contributed by atoms with Gasteiger partial charge < -0.3 is 0 Å². The number of aromatic nitrogens is 3. The van der Waals surface area contributed by atoms with Crippen molar-refractivity contribution in [2.45, 2.75) is 20.4 Å². The lowest BCUT2D eigenvalue weighted by atomic mass is 10.1. The van der Waals surface area contributed by atoms with Gasteiger partial charge in [0.15, 0.2) is 5.65 Å². The first-order chi connectivity index (χ1) is 11.2. The van der Waals surface area contributed by atoms with Gasteiger partial charge in [-0.15, -0.1) is 11.3 Å². The summed E-state index contributed by atoms with van der Waals surface area (Å²) in [6, 6.07) is 16.7. The first-order valence-corrected chi connectivity index (χ1v) is 8.53. The minimum absolute atomic E-state index is 0.735. The van der Waals surface area contributed by atoms with E-state index in [4.69, 9.17) is 10.1 Å². The highest BCUT2D eigenvalue weighted by Gasteiger charge is 2.17. The maximum Gasteiger partial charge on any atom is 0.159 e. The van der Waals surface area contributed by atoms with Crippen LogP contribution in [-0.4, -0.2) is 14.8 Å². The summed E-state index contributed by atoms with van der Waals surface area (Å²) in [5.74, 6) is 0. The molecular formula is C19H17N3S. The zero-order valence-electron chi connectivity index (χ0n) is 13.2. The Balaban J connectivity index is 1.94. The smallest absolute Gasteiger partial charge is 0.159 e. The van der Waals surface area contributed by atoms with E-state index in [-0.39, 0.29) is 0 Å². The van der Waals surface area contributed by atoms with Gasteiger partial charge in [0.25, 0.3) is 0 Å². The molecule has 23 heavy (non-hydrogen) atoms. The van der Waals surface area contributed by atoms with E-state index in [2.05, 4.69) is 54.8 Å². The number of rotatable bonds is 3. The molecule has 0 atom stereocenters. The number of thiophene rings is 1. The zero-order chi connectivity index (χ0) is 15.8. The molecule has 1 aromatic carbocycles. The molecule has 114 valence electrons. The highest BCUT2D eigenvalue weighted by atomic mass is 32.1. The molecule has 0 amide bonds. The largest absolute Gasteiger partial charge is 0.242 e. The van der Waals surface area contributed by atoms with Crippen molar-refractivity contribution in [2.24, 2.45) is 0 Å². The van der Waals surface area contributed by atoms with E-state index in [1.165, 1.54) is 16.0 Å². The van der Waals surface area contributed by atoms with E-state index < -0.39 is 0 Å². The van der Waals surface area contributed by atoms with Crippen molar-refractivity contribution in [1.82, 2.24) is 14.8 Å². The number of pyridine rings is 1. The van der Waals surface area contributed by atoms with Crippen LogP contribution in [0.5, 0.6) is 0 Å². The van der Waals surface area contributed by atoms with E-state index in [9.17, 15) is 0 Å². The van der Waals surface area contributed by atoms with E-state index in [0.717, 1.165) is 29.0 Å². The zero-order valence-corrected chi connectivity index (χ0v) is 14.0. The lowest BCUT2D eigenvalue weighted by Gasteiger charge is -2.04. The molecule has 0 saturated heterocycles. The number of benzene rings is 1. The van der Waals surface area contributed by atoms with Gasteiger partial charge in [0.2, 0.25) is 0 Å². The van der Waals surface area contributed by atoms with Crippen LogP contribution in [0.25, 0.3) is 21.6 Å². The molecule has 0 bridgehead atoms. The molecule has 0 spiro atoms. The summed E-state index contributed by atoms with van der Waals surface area (Å²) in [5.41, 5.74) is 5.50. The Morgan fingerprint density at radius 1 is 1.04 bits per heavy atom. The number of fused-ring (bicyclic) bond motifs is 1. The Morgan fingerprint density at radius 2 is 1.87 bits per heavy atom. The van der Waals surface area contributed by atoms with Crippen molar-refractivity contribution in [3.05, 3.63) is 70.7 Å². The van der Waals surface area contributed by atoms with E-state index in [1.807, 2.05) is 17.7 Å². The normalized spacial score (nSPS) is 11.2. The Kier molecular flexibility index (Phi) is 3.46. The lowest BCUT2D eigenvalue weighted by Crippen LogP contribution is -2.03. The van der Waals surface area contributed by atoms with Crippen LogP contribution in [0.15, 0.2) is 53.9 Å². The van der Waals surface area contributed by atoms with Gasteiger partial charge in [0.05, 0.1) is 16.8 Å². The molecule has 4 aromatic rings. The molecule has 3 aromatic heterocycles. The van der Waals surface area contributed by atoms with Gasteiger partial charge in [-0.25, -0.2) is 9.67 Å². The average molecular weight is 319 g/mol. The van der Waals surface area contributed by atoms with Gasteiger partial charge in [0.1, 0.15) is 5.69 Å². The van der Waals surface area contributed by atoms with E-state index >= 15 is 0 Å². The van der Waals surface area contributed by atoms with E-state index in [0.29, 0.717) is 0 Å². The number of aryl methyl sites for hydroxylation is 2. The number of hydrogen-bond acceptors (Lipinski definition) is 3. The number of hydrogen-bond donors (Lipinski definition) is 0. The maximum atomic E-state index is 4.89. The van der Waals surface area contributed by atoms with Crippen LogP contribution in [0, 0.1) is 13.8 Å². The molecule has 0 N–H and O–H groups in total. The predicted molar refractivity (Wildman–Crippen MR) is 95.9 cm³/mol. The molecule has 0 saturated carbocycles. The average Bonchev–Trinajstić information content (AvgIpc) is 3.17. The minimum atomic E-state index is 0.735. The monoisotopic (exact) mass is 319 g/mol. The summed E-state index contributed by atoms with van der Waals surface area (Å²) < 4.78 is 2.03. The fraction of sp³-hybridized carbons (Fsp3) is 0.158. The summed E-state index contributed by atoms with van der Waals surface area (Å²) >= 11 is 1.72. The highest BCUT2D eigenvalue weighted by molar-refractivity contribution is 7.13. The lowest BCUT2D eigenvalue weighted by molar-refractivity contribution is 0.706. The van der Waals surface area contributed by atoms with Crippen LogP contribution in [0.4, 0.5) is 0 Å². The van der Waals surface area contributed by atoms with Gasteiger partial charge in [-0.1, -0.05) is 36.4 Å². The quantitative estimate of drug-likeness (QED) is 0.542. The van der Waals surface area contributed by atoms with Crippen LogP contribution in [0.1, 0.15) is 16.8 Å². The van der Waals surface area contributed by atoms with Crippen molar-refractivity contribution < 1.29 is 0 Å². The third-order valence-electron chi connectivity index (χ3n) is 3.96. The molecule has 0 aliphatic heterocycles. The molecule has 4 heteroatoms. The Labute approximate surface area is 139 Å². The summed E-state index contributed by atoms with van der Waals surface area (Å²) in [6.07, 6.45) is 0. The summed E-state index contributed by atoms with van der Waals surface area (Å²) in [5, 5.41) is 8.15. The van der Waals surface area contributed by atoms with Crippen molar-refractivity contribution in [3.8, 4) is 10.6 Å². The molecule has 3 heterocycles. The van der Waals surface area contributed by atoms with Crippen molar-refractivity contribution in [1.29, 1.82) is 0 Å². The van der Waals surface area contributed by atoms with Crippen LogP contribution in [-0.2, 0) is 6.54 Å².